The molecule has 0 radical (unpaired) electrons. The standard InChI is InChI=1S/C17H17F2N3O5/c18-10-5-4-6-11(19)13(10)14(24)27-9-12(23)21-22-15(25)17(20-16(22)26)7-2-1-3-8-17/h4-6H,1-3,7-9H2,(H,20,26)(H,21,23). The first-order valence-corrected chi connectivity index (χ1v) is 8.41. The summed E-state index contributed by atoms with van der Waals surface area (Å²) in [6.45, 7) is -0.920. The lowest BCUT2D eigenvalue weighted by molar-refractivity contribution is -0.140. The minimum absolute atomic E-state index is 0.478. The van der Waals surface area contributed by atoms with E-state index in [1.54, 1.807) is 0 Å². The summed E-state index contributed by atoms with van der Waals surface area (Å²) in [7, 11) is 0. The maximum absolute atomic E-state index is 13.5. The van der Waals surface area contributed by atoms with E-state index in [1.807, 2.05) is 0 Å². The zero-order valence-corrected chi connectivity index (χ0v) is 14.2. The molecule has 27 heavy (non-hydrogen) atoms. The van der Waals surface area contributed by atoms with Crippen LogP contribution in [0.25, 0.3) is 0 Å². The maximum Gasteiger partial charge on any atom is 0.344 e. The number of hydrazine groups is 1. The van der Waals surface area contributed by atoms with Crippen molar-refractivity contribution < 1.29 is 32.7 Å². The molecule has 1 aromatic rings. The molecule has 1 saturated carbocycles. The van der Waals surface area contributed by atoms with Crippen LogP contribution in [0, 0.1) is 11.6 Å². The highest BCUT2D eigenvalue weighted by molar-refractivity contribution is 6.08. The van der Waals surface area contributed by atoms with Gasteiger partial charge in [-0.05, 0) is 25.0 Å². The van der Waals surface area contributed by atoms with Crippen molar-refractivity contribution in [3.63, 3.8) is 0 Å². The third-order valence-corrected chi connectivity index (χ3v) is 4.61. The van der Waals surface area contributed by atoms with Crippen LogP contribution in [-0.4, -0.2) is 41.0 Å². The number of amides is 4. The molecule has 4 amide bonds. The van der Waals surface area contributed by atoms with E-state index < -0.39 is 53.2 Å². The van der Waals surface area contributed by atoms with E-state index in [-0.39, 0.29) is 0 Å². The molecule has 2 aliphatic rings. The molecule has 2 N–H and O–H groups in total. The van der Waals surface area contributed by atoms with Gasteiger partial charge < -0.3 is 10.1 Å². The van der Waals surface area contributed by atoms with Gasteiger partial charge in [-0.2, -0.15) is 5.01 Å². The number of ether oxygens (including phenoxy) is 1. The summed E-state index contributed by atoms with van der Waals surface area (Å²) in [4.78, 5) is 48.2. The lowest BCUT2D eigenvalue weighted by atomic mass is 9.82. The molecule has 0 atom stereocenters. The molecule has 1 saturated heterocycles. The van der Waals surface area contributed by atoms with Crippen molar-refractivity contribution >= 4 is 23.8 Å². The lowest BCUT2D eigenvalue weighted by Crippen LogP contribution is -2.51. The Kier molecular flexibility index (Phi) is 5.06. The van der Waals surface area contributed by atoms with Gasteiger partial charge in [0.25, 0.3) is 11.8 Å². The van der Waals surface area contributed by atoms with Gasteiger partial charge in [0, 0.05) is 0 Å². The summed E-state index contributed by atoms with van der Waals surface area (Å²) >= 11 is 0. The quantitative estimate of drug-likeness (QED) is 0.606. The van der Waals surface area contributed by atoms with E-state index in [9.17, 15) is 28.0 Å². The Balaban J connectivity index is 1.59. The molecule has 144 valence electrons. The molecule has 8 nitrogen and oxygen atoms in total. The average Bonchev–Trinajstić information content (AvgIpc) is 2.84. The zero-order valence-electron chi connectivity index (χ0n) is 14.2. The minimum Gasteiger partial charge on any atom is -0.452 e. The minimum atomic E-state index is -1.37. The lowest BCUT2D eigenvalue weighted by Gasteiger charge is -2.30. The van der Waals surface area contributed by atoms with Gasteiger partial charge in [-0.1, -0.05) is 25.3 Å². The Morgan fingerprint density at radius 3 is 2.41 bits per heavy atom. The third kappa shape index (κ3) is 3.60. The van der Waals surface area contributed by atoms with Crippen molar-refractivity contribution in [3.8, 4) is 0 Å². The zero-order chi connectivity index (χ0) is 19.6. The van der Waals surface area contributed by atoms with Crippen molar-refractivity contribution in [1.29, 1.82) is 0 Å². The Morgan fingerprint density at radius 2 is 1.78 bits per heavy atom. The fraction of sp³-hybridized carbons (Fsp3) is 0.412. The normalized spacial score (nSPS) is 18.4. The SMILES string of the molecule is O=C(COC(=O)c1c(F)cccc1F)NN1C(=O)NC2(CCCCC2)C1=O. The molecular formula is C17H17F2N3O5. The number of nitrogens with zero attached hydrogens (tertiary/aromatic N) is 1. The number of hydrogen-bond acceptors (Lipinski definition) is 5. The van der Waals surface area contributed by atoms with Crippen LogP contribution >= 0.6 is 0 Å². The van der Waals surface area contributed by atoms with Crippen LogP contribution in [0.5, 0.6) is 0 Å². The molecule has 3 rings (SSSR count). The molecule has 1 aromatic carbocycles. The fourth-order valence-corrected chi connectivity index (χ4v) is 3.27. The molecule has 2 fully saturated rings. The van der Waals surface area contributed by atoms with E-state index in [1.165, 1.54) is 0 Å². The van der Waals surface area contributed by atoms with Crippen LogP contribution < -0.4 is 10.7 Å². The van der Waals surface area contributed by atoms with Gasteiger partial charge in [-0.15, -0.1) is 0 Å². The number of imide groups is 1. The largest absolute Gasteiger partial charge is 0.452 e. The fourth-order valence-electron chi connectivity index (χ4n) is 3.27. The summed E-state index contributed by atoms with van der Waals surface area (Å²) in [5.74, 6) is -5.20. The van der Waals surface area contributed by atoms with Gasteiger partial charge in [0.2, 0.25) is 0 Å². The van der Waals surface area contributed by atoms with Crippen LogP contribution in [0.3, 0.4) is 0 Å². The van der Waals surface area contributed by atoms with Crippen LogP contribution in [0.1, 0.15) is 42.5 Å². The Bertz CT molecular complexity index is 788. The molecule has 1 heterocycles. The van der Waals surface area contributed by atoms with Crippen molar-refractivity contribution in [2.24, 2.45) is 0 Å². The summed E-state index contributed by atoms with van der Waals surface area (Å²) in [5, 5.41) is 3.14. The molecule has 0 bridgehead atoms. The summed E-state index contributed by atoms with van der Waals surface area (Å²) < 4.78 is 31.6. The molecule has 10 heteroatoms. The topological polar surface area (TPSA) is 105 Å². The first kappa shape index (κ1) is 18.7. The summed E-state index contributed by atoms with van der Waals surface area (Å²) in [6, 6.07) is 2.04. The van der Waals surface area contributed by atoms with E-state index in [0.717, 1.165) is 37.5 Å². The number of carbonyl (C=O) groups is 4. The highest BCUT2D eigenvalue weighted by Crippen LogP contribution is 2.32. The number of nitrogens with one attached hydrogen (secondary N) is 2. The molecule has 1 aliphatic heterocycles. The van der Waals surface area contributed by atoms with Crippen LogP contribution in [0.2, 0.25) is 0 Å². The first-order chi connectivity index (χ1) is 12.8. The summed E-state index contributed by atoms with van der Waals surface area (Å²) in [6.07, 6.45) is 3.47. The highest BCUT2D eigenvalue weighted by Gasteiger charge is 2.52. The number of rotatable bonds is 4. The second kappa shape index (κ2) is 7.29. The first-order valence-electron chi connectivity index (χ1n) is 8.41. The Labute approximate surface area is 152 Å². The number of esters is 1. The maximum atomic E-state index is 13.5. The van der Waals surface area contributed by atoms with Crippen LogP contribution in [0.15, 0.2) is 18.2 Å². The Hall–Kier alpha value is -3.04. The van der Waals surface area contributed by atoms with Gasteiger partial charge in [-0.25, -0.2) is 18.4 Å². The summed E-state index contributed by atoms with van der Waals surface area (Å²) in [5.41, 5.74) is 0.107. The number of halogens is 2. The van der Waals surface area contributed by atoms with E-state index in [0.29, 0.717) is 17.9 Å². The van der Waals surface area contributed by atoms with Crippen molar-refractivity contribution in [3.05, 3.63) is 35.4 Å². The van der Waals surface area contributed by atoms with Crippen molar-refractivity contribution in [2.45, 2.75) is 37.6 Å². The Morgan fingerprint density at radius 1 is 1.15 bits per heavy atom. The van der Waals surface area contributed by atoms with Gasteiger partial charge in [-0.3, -0.25) is 15.0 Å². The van der Waals surface area contributed by atoms with Crippen LogP contribution in [0.4, 0.5) is 13.6 Å². The molecule has 1 spiro atoms. The number of urea groups is 1. The number of hydrogen-bond donors (Lipinski definition) is 2. The van der Waals surface area contributed by atoms with Gasteiger partial charge in [0.05, 0.1) is 0 Å². The second-order valence-electron chi connectivity index (χ2n) is 6.42. The van der Waals surface area contributed by atoms with Crippen LogP contribution in [-0.2, 0) is 14.3 Å². The molecule has 0 aromatic heterocycles. The predicted molar refractivity (Wildman–Crippen MR) is 86.0 cm³/mol. The average molecular weight is 381 g/mol. The van der Waals surface area contributed by atoms with Crippen molar-refractivity contribution in [1.82, 2.24) is 15.8 Å². The van der Waals surface area contributed by atoms with E-state index in [4.69, 9.17) is 0 Å². The smallest absolute Gasteiger partial charge is 0.344 e. The molecule has 0 unspecified atom stereocenters. The van der Waals surface area contributed by atoms with E-state index in [2.05, 4.69) is 15.5 Å². The highest BCUT2D eigenvalue weighted by atomic mass is 19.1. The van der Waals surface area contributed by atoms with Gasteiger partial charge in [0.1, 0.15) is 22.7 Å². The van der Waals surface area contributed by atoms with Crippen molar-refractivity contribution in [2.75, 3.05) is 6.61 Å². The molecular weight excluding hydrogens is 364 g/mol. The second-order valence-corrected chi connectivity index (χ2v) is 6.42. The number of carbonyl (C=O) groups excluding carboxylic acids is 4. The van der Waals surface area contributed by atoms with Gasteiger partial charge >= 0.3 is 12.0 Å². The monoisotopic (exact) mass is 381 g/mol. The molecule has 1 aliphatic carbocycles. The number of benzene rings is 1. The predicted octanol–water partition coefficient (Wildman–Crippen LogP) is 1.41. The third-order valence-electron chi connectivity index (χ3n) is 4.61. The van der Waals surface area contributed by atoms with E-state index >= 15 is 0 Å². The van der Waals surface area contributed by atoms with Gasteiger partial charge in [0.15, 0.2) is 6.61 Å².